The van der Waals surface area contributed by atoms with Crippen LogP contribution in [0.2, 0.25) is 0 Å². The zero-order chi connectivity index (χ0) is 23.4. The molecule has 0 bridgehead atoms. The predicted octanol–water partition coefficient (Wildman–Crippen LogP) is 3.55. The molecule has 2 aliphatic rings. The van der Waals surface area contributed by atoms with Crippen molar-refractivity contribution in [1.29, 1.82) is 0 Å². The zero-order valence-corrected chi connectivity index (χ0v) is 19.4. The van der Waals surface area contributed by atoms with Gasteiger partial charge in [-0.25, -0.2) is 4.79 Å². The van der Waals surface area contributed by atoms with Crippen molar-refractivity contribution in [2.45, 2.75) is 70.9 Å². The second kappa shape index (κ2) is 10.2. The third-order valence-electron chi connectivity index (χ3n) is 6.56. The molecule has 0 amide bonds. The Balaban J connectivity index is 1.80. The molecule has 1 aromatic carbocycles. The van der Waals surface area contributed by atoms with E-state index in [1.165, 1.54) is 6.08 Å². The first-order valence-electron chi connectivity index (χ1n) is 11.1. The summed E-state index contributed by atoms with van der Waals surface area (Å²) in [5, 5.41) is 11.4. The maximum Gasteiger partial charge on any atom is 0.330 e. The summed E-state index contributed by atoms with van der Waals surface area (Å²) in [6, 6.07) is 7.65. The Morgan fingerprint density at radius 1 is 1.16 bits per heavy atom. The molecular weight excluding hydrogens is 412 g/mol. The van der Waals surface area contributed by atoms with Crippen LogP contribution in [0.15, 0.2) is 48.6 Å². The summed E-state index contributed by atoms with van der Waals surface area (Å²) >= 11 is 0. The number of hydrogen-bond acceptors (Lipinski definition) is 7. The average molecular weight is 447 g/mol. The molecule has 1 aromatic rings. The monoisotopic (exact) mass is 446 g/mol. The lowest BCUT2D eigenvalue weighted by Crippen LogP contribution is -2.55. The van der Waals surface area contributed by atoms with Crippen LogP contribution in [-0.2, 0) is 30.3 Å². The molecule has 0 unspecified atom stereocenters. The van der Waals surface area contributed by atoms with Crippen LogP contribution in [0.4, 0.5) is 0 Å². The summed E-state index contributed by atoms with van der Waals surface area (Å²) in [4.78, 5) is 11.5. The van der Waals surface area contributed by atoms with Gasteiger partial charge in [-0.2, -0.15) is 0 Å². The van der Waals surface area contributed by atoms with E-state index in [1.54, 1.807) is 33.1 Å². The van der Waals surface area contributed by atoms with E-state index in [9.17, 15) is 9.90 Å². The third kappa shape index (κ3) is 4.62. The minimum Gasteiger partial charge on any atom is -0.497 e. The van der Waals surface area contributed by atoms with Gasteiger partial charge in [-0.15, -0.1) is 0 Å². The Bertz CT molecular complexity index is 829. The third-order valence-corrected chi connectivity index (χ3v) is 6.56. The van der Waals surface area contributed by atoms with Crippen LogP contribution in [0.5, 0.6) is 5.75 Å². The molecule has 176 valence electrons. The smallest absolute Gasteiger partial charge is 0.330 e. The Morgan fingerprint density at radius 3 is 2.50 bits per heavy atom. The molecule has 0 saturated carbocycles. The van der Waals surface area contributed by atoms with E-state index in [-0.39, 0.29) is 6.10 Å². The van der Waals surface area contributed by atoms with Crippen molar-refractivity contribution in [3.63, 3.8) is 0 Å². The Labute approximate surface area is 189 Å². The van der Waals surface area contributed by atoms with Crippen molar-refractivity contribution >= 4 is 5.97 Å². The highest BCUT2D eigenvalue weighted by molar-refractivity contribution is 5.82. The molecule has 1 N–H and O–H groups in total. The number of esters is 1. The molecule has 6 atom stereocenters. The fraction of sp³-hybridized carbons (Fsp3) is 0.560. The van der Waals surface area contributed by atoms with Crippen molar-refractivity contribution in [3.8, 4) is 5.75 Å². The van der Waals surface area contributed by atoms with Crippen LogP contribution >= 0.6 is 0 Å². The molecule has 0 radical (unpaired) electrons. The average Bonchev–Trinajstić information content (AvgIpc) is 3.16. The molecule has 2 saturated heterocycles. The van der Waals surface area contributed by atoms with E-state index in [0.29, 0.717) is 19.6 Å². The van der Waals surface area contributed by atoms with E-state index in [2.05, 4.69) is 0 Å². The van der Waals surface area contributed by atoms with E-state index in [0.717, 1.165) is 11.3 Å². The Morgan fingerprint density at radius 2 is 1.88 bits per heavy atom. The maximum absolute atomic E-state index is 11.5. The van der Waals surface area contributed by atoms with Gasteiger partial charge in [0.05, 0.1) is 31.8 Å². The van der Waals surface area contributed by atoms with Crippen molar-refractivity contribution in [1.82, 2.24) is 0 Å². The van der Waals surface area contributed by atoms with Gasteiger partial charge in [0, 0.05) is 6.08 Å². The Hall–Kier alpha value is -2.19. The standard InChI is InChI=1S/C25H34O7/c1-6-20-25(4,27)24(3)22(30-16-17-12-14-18(28-5)15-13-17)19(31-23(24)32-20)10-8-9-11-21(26)29-7-2/h8-15,19-20,22-23,27H,6-7,16H2,1-5H3/b10-8+,11-9+/t19-,20-,22+,23+,24+,25+/m1/s1. The first-order valence-corrected chi connectivity index (χ1v) is 11.1. The molecule has 3 rings (SSSR count). The van der Waals surface area contributed by atoms with Gasteiger partial charge >= 0.3 is 5.97 Å². The maximum atomic E-state index is 11.5. The van der Waals surface area contributed by atoms with Gasteiger partial charge in [0.15, 0.2) is 6.29 Å². The number of benzene rings is 1. The summed E-state index contributed by atoms with van der Waals surface area (Å²) in [7, 11) is 1.63. The van der Waals surface area contributed by atoms with E-state index in [4.69, 9.17) is 23.7 Å². The van der Waals surface area contributed by atoms with Gasteiger partial charge in [0.25, 0.3) is 0 Å². The summed E-state index contributed by atoms with van der Waals surface area (Å²) in [5.74, 6) is 0.370. The summed E-state index contributed by atoms with van der Waals surface area (Å²) in [5.41, 5.74) is -0.936. The van der Waals surface area contributed by atoms with Crippen molar-refractivity contribution < 1.29 is 33.6 Å². The molecule has 0 spiro atoms. The number of methoxy groups -OCH3 is 1. The number of rotatable bonds is 9. The fourth-order valence-corrected chi connectivity index (χ4v) is 4.47. The highest BCUT2D eigenvalue weighted by atomic mass is 16.7. The molecule has 7 heteroatoms. The summed E-state index contributed by atoms with van der Waals surface area (Å²) in [6.45, 7) is 8.15. The normalized spacial score (nSPS) is 34.3. The summed E-state index contributed by atoms with van der Waals surface area (Å²) < 4.78 is 28.7. The second-order valence-electron chi connectivity index (χ2n) is 8.47. The summed E-state index contributed by atoms with van der Waals surface area (Å²) in [6.07, 6.45) is 5.28. The Kier molecular flexibility index (Phi) is 7.77. The number of fused-ring (bicyclic) bond motifs is 1. The number of aliphatic hydroxyl groups is 1. The number of allylic oxidation sites excluding steroid dienone is 2. The van der Waals surface area contributed by atoms with Gasteiger partial charge < -0.3 is 28.8 Å². The topological polar surface area (TPSA) is 83.5 Å². The van der Waals surface area contributed by atoms with Crippen LogP contribution in [0.3, 0.4) is 0 Å². The highest BCUT2D eigenvalue weighted by Crippen LogP contribution is 2.56. The zero-order valence-electron chi connectivity index (χ0n) is 19.4. The number of carbonyl (C=O) groups is 1. The van der Waals surface area contributed by atoms with Crippen LogP contribution in [0, 0.1) is 5.41 Å². The molecule has 7 nitrogen and oxygen atoms in total. The van der Waals surface area contributed by atoms with Gasteiger partial charge in [-0.1, -0.05) is 37.3 Å². The lowest BCUT2D eigenvalue weighted by atomic mass is 9.69. The van der Waals surface area contributed by atoms with Gasteiger partial charge in [0.1, 0.15) is 23.6 Å². The molecule has 2 fully saturated rings. The van der Waals surface area contributed by atoms with Gasteiger partial charge in [-0.3, -0.25) is 0 Å². The van der Waals surface area contributed by atoms with E-state index >= 15 is 0 Å². The molecule has 2 heterocycles. The number of carbonyl (C=O) groups excluding carboxylic acids is 1. The van der Waals surface area contributed by atoms with E-state index < -0.39 is 35.5 Å². The minimum absolute atomic E-state index is 0.324. The molecule has 32 heavy (non-hydrogen) atoms. The molecule has 0 aliphatic carbocycles. The van der Waals surface area contributed by atoms with Crippen LogP contribution in [0.25, 0.3) is 0 Å². The van der Waals surface area contributed by atoms with Crippen LogP contribution < -0.4 is 4.74 Å². The van der Waals surface area contributed by atoms with Gasteiger partial charge in [0.2, 0.25) is 0 Å². The van der Waals surface area contributed by atoms with Gasteiger partial charge in [-0.05, 0) is 44.9 Å². The van der Waals surface area contributed by atoms with E-state index in [1.807, 2.05) is 44.2 Å². The molecule has 0 aromatic heterocycles. The SMILES string of the molecule is CCOC(=O)/C=C/C=C/[C@H]1O[C@H]2O[C@H](CC)[C@](C)(O)[C@@]2(C)[C@H]1OCc1ccc(OC)cc1. The number of hydrogen-bond donors (Lipinski definition) is 1. The first-order chi connectivity index (χ1) is 15.3. The first kappa shape index (κ1) is 24.5. The quantitative estimate of drug-likeness (QED) is 0.353. The predicted molar refractivity (Wildman–Crippen MR) is 119 cm³/mol. The molecule has 2 aliphatic heterocycles. The lowest BCUT2D eigenvalue weighted by Gasteiger charge is -2.40. The van der Waals surface area contributed by atoms with Crippen molar-refractivity contribution in [2.24, 2.45) is 5.41 Å². The van der Waals surface area contributed by atoms with Crippen LogP contribution in [0.1, 0.15) is 39.7 Å². The highest BCUT2D eigenvalue weighted by Gasteiger charge is 2.70. The second-order valence-corrected chi connectivity index (χ2v) is 8.47. The largest absolute Gasteiger partial charge is 0.497 e. The van der Waals surface area contributed by atoms with Crippen molar-refractivity contribution in [3.05, 3.63) is 54.1 Å². The van der Waals surface area contributed by atoms with Crippen molar-refractivity contribution in [2.75, 3.05) is 13.7 Å². The minimum atomic E-state index is -1.14. The molecular formula is C25H34O7. The fourth-order valence-electron chi connectivity index (χ4n) is 4.47. The van der Waals surface area contributed by atoms with Crippen LogP contribution in [-0.4, -0.2) is 55.0 Å². The lowest BCUT2D eigenvalue weighted by molar-refractivity contribution is -0.147. The number of ether oxygens (including phenoxy) is 5.